The number of hydrogen-bond acceptors (Lipinski definition) is 4. The van der Waals surface area contributed by atoms with Crippen LogP contribution in [0, 0.1) is 0 Å². The average Bonchev–Trinajstić information content (AvgIpc) is 2.85. The Morgan fingerprint density at radius 3 is 2.67 bits per heavy atom. The summed E-state index contributed by atoms with van der Waals surface area (Å²) in [4.78, 5) is 0. The molecule has 6 heteroatoms. The first-order valence-corrected chi connectivity index (χ1v) is 7.14. The van der Waals surface area contributed by atoms with Gasteiger partial charge in [-0.25, -0.2) is 0 Å². The minimum absolute atomic E-state index is 0.556. The third kappa shape index (κ3) is 3.24. The van der Waals surface area contributed by atoms with Crippen LogP contribution in [-0.4, -0.2) is 24.0 Å². The molecule has 0 atom stereocenters. The smallest absolute Gasteiger partial charge is 0.179 e. The molecule has 0 aliphatic rings. The molecule has 0 fully saturated rings. The van der Waals surface area contributed by atoms with Gasteiger partial charge >= 0.3 is 0 Å². The van der Waals surface area contributed by atoms with Crippen molar-refractivity contribution in [3.05, 3.63) is 34.6 Å². The molecule has 0 aliphatic heterocycles. The zero-order valence-electron chi connectivity index (χ0n) is 12.7. The predicted molar refractivity (Wildman–Crippen MR) is 84.5 cm³/mol. The van der Waals surface area contributed by atoms with E-state index in [1.165, 1.54) is 0 Å². The van der Waals surface area contributed by atoms with Gasteiger partial charge in [-0.1, -0.05) is 24.6 Å². The zero-order chi connectivity index (χ0) is 15.4. The van der Waals surface area contributed by atoms with Gasteiger partial charge in [0.15, 0.2) is 11.5 Å². The first-order chi connectivity index (χ1) is 10.1. The second kappa shape index (κ2) is 6.72. The molecule has 1 aromatic carbocycles. The second-order valence-corrected chi connectivity index (χ2v) is 5.02. The minimum Gasteiger partial charge on any atom is -0.493 e. The van der Waals surface area contributed by atoms with E-state index in [1.54, 1.807) is 18.9 Å². The third-order valence-electron chi connectivity index (χ3n) is 3.27. The standard InChI is InChI=1S/C15H20ClN3O2/c1-5-11-12(9-19(2)18-11)17-8-10-6-7-13(20-3)15(21-4)14(10)16/h6-7,9,17H,5,8H2,1-4H3. The number of aromatic nitrogens is 2. The lowest BCUT2D eigenvalue weighted by molar-refractivity contribution is 0.355. The molecule has 1 N–H and O–H groups in total. The topological polar surface area (TPSA) is 48.3 Å². The van der Waals surface area contributed by atoms with E-state index >= 15 is 0 Å². The van der Waals surface area contributed by atoms with Crippen molar-refractivity contribution in [2.24, 2.45) is 7.05 Å². The van der Waals surface area contributed by atoms with Crippen LogP contribution < -0.4 is 14.8 Å². The van der Waals surface area contributed by atoms with Crippen molar-refractivity contribution in [2.45, 2.75) is 19.9 Å². The van der Waals surface area contributed by atoms with Crippen molar-refractivity contribution >= 4 is 17.3 Å². The maximum Gasteiger partial charge on any atom is 0.179 e. The van der Waals surface area contributed by atoms with Crippen molar-refractivity contribution in [1.29, 1.82) is 0 Å². The highest BCUT2D eigenvalue weighted by molar-refractivity contribution is 6.33. The predicted octanol–water partition coefficient (Wildman–Crippen LogP) is 3.27. The van der Waals surface area contributed by atoms with Gasteiger partial charge in [0.1, 0.15) is 0 Å². The summed E-state index contributed by atoms with van der Waals surface area (Å²) in [5.41, 5.74) is 3.00. The van der Waals surface area contributed by atoms with Gasteiger partial charge in [0, 0.05) is 19.8 Å². The fraction of sp³-hybridized carbons (Fsp3) is 0.400. The van der Waals surface area contributed by atoms with Gasteiger partial charge in [0.2, 0.25) is 0 Å². The van der Waals surface area contributed by atoms with Crippen LogP contribution in [0.1, 0.15) is 18.2 Å². The molecule has 0 unspecified atom stereocenters. The van der Waals surface area contributed by atoms with E-state index in [4.69, 9.17) is 21.1 Å². The summed E-state index contributed by atoms with van der Waals surface area (Å²) in [6.07, 6.45) is 2.84. The van der Waals surface area contributed by atoms with Crippen LogP contribution in [0.4, 0.5) is 5.69 Å². The Bertz CT molecular complexity index is 626. The summed E-state index contributed by atoms with van der Waals surface area (Å²) in [5.74, 6) is 1.18. The lowest BCUT2D eigenvalue weighted by atomic mass is 10.2. The Morgan fingerprint density at radius 1 is 1.29 bits per heavy atom. The number of aryl methyl sites for hydroxylation is 2. The highest BCUT2D eigenvalue weighted by atomic mass is 35.5. The van der Waals surface area contributed by atoms with Crippen molar-refractivity contribution in [2.75, 3.05) is 19.5 Å². The molecule has 5 nitrogen and oxygen atoms in total. The highest BCUT2D eigenvalue weighted by Crippen LogP contribution is 2.37. The van der Waals surface area contributed by atoms with Crippen molar-refractivity contribution < 1.29 is 9.47 Å². The number of methoxy groups -OCH3 is 2. The van der Waals surface area contributed by atoms with E-state index in [0.29, 0.717) is 23.1 Å². The van der Waals surface area contributed by atoms with Crippen LogP contribution >= 0.6 is 11.6 Å². The van der Waals surface area contributed by atoms with Crippen LogP contribution in [0.15, 0.2) is 18.3 Å². The molecule has 1 heterocycles. The van der Waals surface area contributed by atoms with Crippen LogP contribution in [-0.2, 0) is 20.0 Å². The molecule has 0 amide bonds. The molecular formula is C15H20ClN3O2. The van der Waals surface area contributed by atoms with E-state index in [-0.39, 0.29) is 0 Å². The molecule has 2 rings (SSSR count). The minimum atomic E-state index is 0.556. The van der Waals surface area contributed by atoms with Gasteiger partial charge in [-0.2, -0.15) is 5.10 Å². The number of rotatable bonds is 6. The van der Waals surface area contributed by atoms with Gasteiger partial charge in [0.05, 0.1) is 30.6 Å². The Hall–Kier alpha value is -1.88. The summed E-state index contributed by atoms with van der Waals surface area (Å²) in [7, 11) is 5.08. The molecule has 114 valence electrons. The van der Waals surface area contributed by atoms with E-state index in [2.05, 4.69) is 17.3 Å². The van der Waals surface area contributed by atoms with E-state index in [0.717, 1.165) is 23.4 Å². The quantitative estimate of drug-likeness (QED) is 0.889. The first kappa shape index (κ1) is 15.5. The van der Waals surface area contributed by atoms with Crippen molar-refractivity contribution in [3.8, 4) is 11.5 Å². The van der Waals surface area contributed by atoms with E-state index < -0.39 is 0 Å². The molecule has 0 radical (unpaired) electrons. The maximum absolute atomic E-state index is 6.37. The third-order valence-corrected chi connectivity index (χ3v) is 3.69. The molecule has 0 saturated carbocycles. The molecule has 0 spiro atoms. The summed E-state index contributed by atoms with van der Waals surface area (Å²) >= 11 is 6.37. The Balaban J connectivity index is 2.20. The lowest BCUT2D eigenvalue weighted by Gasteiger charge is -2.13. The molecule has 21 heavy (non-hydrogen) atoms. The molecule has 0 aliphatic carbocycles. The number of ether oxygens (including phenoxy) is 2. The first-order valence-electron chi connectivity index (χ1n) is 6.76. The van der Waals surface area contributed by atoms with Crippen molar-refractivity contribution in [3.63, 3.8) is 0 Å². The largest absolute Gasteiger partial charge is 0.493 e. The molecule has 0 saturated heterocycles. The summed E-state index contributed by atoms with van der Waals surface area (Å²) in [5, 5.41) is 8.33. The average molecular weight is 310 g/mol. The van der Waals surface area contributed by atoms with Gasteiger partial charge in [-0.3, -0.25) is 4.68 Å². The fourth-order valence-electron chi connectivity index (χ4n) is 2.20. The van der Waals surface area contributed by atoms with Gasteiger partial charge in [0.25, 0.3) is 0 Å². The van der Waals surface area contributed by atoms with Gasteiger partial charge in [-0.15, -0.1) is 0 Å². The van der Waals surface area contributed by atoms with Gasteiger partial charge in [-0.05, 0) is 18.1 Å². The Labute approximate surface area is 129 Å². The normalized spacial score (nSPS) is 10.5. The summed E-state index contributed by atoms with van der Waals surface area (Å²) in [6, 6.07) is 3.78. The SMILES string of the molecule is CCc1nn(C)cc1NCc1ccc(OC)c(OC)c1Cl. The van der Waals surface area contributed by atoms with Gasteiger partial charge < -0.3 is 14.8 Å². The monoisotopic (exact) mass is 309 g/mol. The number of nitrogens with zero attached hydrogens (tertiary/aromatic N) is 2. The molecule has 0 bridgehead atoms. The number of anilines is 1. The van der Waals surface area contributed by atoms with Crippen LogP contribution in [0.2, 0.25) is 5.02 Å². The second-order valence-electron chi connectivity index (χ2n) is 4.64. The molecule has 2 aromatic rings. The fourth-order valence-corrected chi connectivity index (χ4v) is 2.50. The molecule has 1 aromatic heterocycles. The number of halogens is 1. The zero-order valence-corrected chi connectivity index (χ0v) is 13.5. The Kier molecular flexibility index (Phi) is 4.96. The van der Waals surface area contributed by atoms with Crippen LogP contribution in [0.5, 0.6) is 11.5 Å². The van der Waals surface area contributed by atoms with E-state index in [9.17, 15) is 0 Å². The van der Waals surface area contributed by atoms with Crippen molar-refractivity contribution in [1.82, 2.24) is 9.78 Å². The van der Waals surface area contributed by atoms with E-state index in [1.807, 2.05) is 25.4 Å². The number of nitrogens with one attached hydrogen (secondary N) is 1. The summed E-state index contributed by atoms with van der Waals surface area (Å²) in [6.45, 7) is 2.68. The number of hydrogen-bond donors (Lipinski definition) is 1. The van der Waals surface area contributed by atoms with Crippen LogP contribution in [0.3, 0.4) is 0 Å². The molecular weight excluding hydrogens is 290 g/mol. The Morgan fingerprint density at radius 2 is 2.05 bits per heavy atom. The lowest BCUT2D eigenvalue weighted by Crippen LogP contribution is -2.03. The number of benzene rings is 1. The highest BCUT2D eigenvalue weighted by Gasteiger charge is 2.13. The summed E-state index contributed by atoms with van der Waals surface area (Å²) < 4.78 is 12.3. The maximum atomic E-state index is 6.37. The van der Waals surface area contributed by atoms with Crippen LogP contribution in [0.25, 0.3) is 0 Å².